The average molecular weight is 225 g/mol. The molecule has 16 heavy (non-hydrogen) atoms. The Labute approximate surface area is 102 Å². The minimum Gasteiger partial charge on any atom is -0.316 e. The van der Waals surface area contributed by atoms with E-state index in [1.165, 1.54) is 64.5 Å². The molecule has 0 aromatic rings. The fraction of sp³-hybridized carbons (Fsp3) is 1.00. The van der Waals surface area contributed by atoms with Gasteiger partial charge in [-0.25, -0.2) is 0 Å². The largest absolute Gasteiger partial charge is 0.316 e. The minimum absolute atomic E-state index is 0.494. The quantitative estimate of drug-likeness (QED) is 0.605. The molecule has 0 radical (unpaired) electrons. The van der Waals surface area contributed by atoms with Gasteiger partial charge in [-0.05, 0) is 37.1 Å². The van der Waals surface area contributed by atoms with E-state index >= 15 is 0 Å². The predicted molar refractivity (Wildman–Crippen MR) is 72.8 cm³/mol. The third-order valence-electron chi connectivity index (χ3n) is 3.97. The van der Waals surface area contributed by atoms with Crippen molar-refractivity contribution in [3.8, 4) is 0 Å². The van der Waals surface area contributed by atoms with Crippen molar-refractivity contribution in [3.05, 3.63) is 0 Å². The standard InChI is InChI=1S/C15H31N/c1-4-5-8-11-15(2,3)13-16-12-14-9-6-7-10-14/h14,16H,4-13H2,1-3H3. The zero-order valence-corrected chi connectivity index (χ0v) is 11.6. The second-order valence-corrected chi connectivity index (χ2v) is 6.40. The van der Waals surface area contributed by atoms with Gasteiger partial charge in [0.1, 0.15) is 0 Å². The molecule has 0 atom stereocenters. The lowest BCUT2D eigenvalue weighted by molar-refractivity contribution is 0.293. The Kier molecular flexibility index (Phi) is 6.41. The molecule has 0 aromatic heterocycles. The summed E-state index contributed by atoms with van der Waals surface area (Å²) in [6, 6.07) is 0. The van der Waals surface area contributed by atoms with Crippen LogP contribution in [0.4, 0.5) is 0 Å². The molecule has 1 aliphatic carbocycles. The summed E-state index contributed by atoms with van der Waals surface area (Å²) < 4.78 is 0. The van der Waals surface area contributed by atoms with Crippen LogP contribution in [0.2, 0.25) is 0 Å². The first-order valence-electron chi connectivity index (χ1n) is 7.35. The zero-order chi connectivity index (χ0) is 11.9. The number of hydrogen-bond donors (Lipinski definition) is 1. The molecule has 1 heteroatoms. The Morgan fingerprint density at radius 3 is 2.44 bits per heavy atom. The monoisotopic (exact) mass is 225 g/mol. The van der Waals surface area contributed by atoms with E-state index in [9.17, 15) is 0 Å². The Hall–Kier alpha value is -0.0400. The van der Waals surface area contributed by atoms with E-state index in [4.69, 9.17) is 0 Å². The second-order valence-electron chi connectivity index (χ2n) is 6.40. The van der Waals surface area contributed by atoms with Crippen molar-refractivity contribution in [2.75, 3.05) is 13.1 Å². The number of unbranched alkanes of at least 4 members (excludes halogenated alkanes) is 2. The van der Waals surface area contributed by atoms with Crippen molar-refractivity contribution < 1.29 is 0 Å². The molecule has 0 aromatic carbocycles. The summed E-state index contributed by atoms with van der Waals surface area (Å²) in [7, 11) is 0. The van der Waals surface area contributed by atoms with Gasteiger partial charge in [0.2, 0.25) is 0 Å². The summed E-state index contributed by atoms with van der Waals surface area (Å²) in [6.45, 7) is 9.56. The van der Waals surface area contributed by atoms with Gasteiger partial charge in [-0.2, -0.15) is 0 Å². The highest BCUT2D eigenvalue weighted by atomic mass is 14.9. The third kappa shape index (κ3) is 5.89. The van der Waals surface area contributed by atoms with Crippen LogP contribution in [-0.2, 0) is 0 Å². The van der Waals surface area contributed by atoms with Crippen LogP contribution in [0.25, 0.3) is 0 Å². The third-order valence-corrected chi connectivity index (χ3v) is 3.97. The molecule has 0 amide bonds. The maximum absolute atomic E-state index is 3.69. The molecule has 1 rings (SSSR count). The smallest absolute Gasteiger partial charge is 0.000263 e. The number of rotatable bonds is 8. The summed E-state index contributed by atoms with van der Waals surface area (Å²) in [5.74, 6) is 0.978. The zero-order valence-electron chi connectivity index (χ0n) is 11.6. The van der Waals surface area contributed by atoms with Gasteiger partial charge in [0.15, 0.2) is 0 Å². The van der Waals surface area contributed by atoms with E-state index in [2.05, 4.69) is 26.1 Å². The summed E-state index contributed by atoms with van der Waals surface area (Å²) in [5.41, 5.74) is 0.494. The Bertz CT molecular complexity index is 168. The molecule has 1 N–H and O–H groups in total. The van der Waals surface area contributed by atoms with E-state index < -0.39 is 0 Å². The lowest BCUT2D eigenvalue weighted by atomic mass is 9.86. The lowest BCUT2D eigenvalue weighted by Crippen LogP contribution is -2.32. The summed E-state index contributed by atoms with van der Waals surface area (Å²) in [4.78, 5) is 0. The van der Waals surface area contributed by atoms with Crippen LogP contribution < -0.4 is 5.32 Å². The molecular formula is C15H31N. The van der Waals surface area contributed by atoms with Crippen LogP contribution in [-0.4, -0.2) is 13.1 Å². The molecule has 1 nitrogen and oxygen atoms in total. The van der Waals surface area contributed by atoms with Gasteiger partial charge < -0.3 is 5.32 Å². The van der Waals surface area contributed by atoms with Gasteiger partial charge in [-0.15, -0.1) is 0 Å². The van der Waals surface area contributed by atoms with Crippen molar-refractivity contribution in [3.63, 3.8) is 0 Å². The van der Waals surface area contributed by atoms with Crippen molar-refractivity contribution in [2.24, 2.45) is 11.3 Å². The first kappa shape index (κ1) is 14.0. The summed E-state index contributed by atoms with van der Waals surface area (Å²) >= 11 is 0. The molecule has 1 aliphatic rings. The van der Waals surface area contributed by atoms with Crippen molar-refractivity contribution in [2.45, 2.75) is 72.1 Å². The topological polar surface area (TPSA) is 12.0 Å². The molecule has 96 valence electrons. The van der Waals surface area contributed by atoms with E-state index in [0.29, 0.717) is 5.41 Å². The first-order valence-corrected chi connectivity index (χ1v) is 7.35. The highest BCUT2D eigenvalue weighted by Gasteiger charge is 2.19. The molecule has 0 heterocycles. The van der Waals surface area contributed by atoms with Gasteiger partial charge in [0.05, 0.1) is 0 Å². The van der Waals surface area contributed by atoms with Crippen LogP contribution in [0, 0.1) is 11.3 Å². The molecule has 1 saturated carbocycles. The normalized spacial score (nSPS) is 18.2. The van der Waals surface area contributed by atoms with Crippen LogP contribution in [0.5, 0.6) is 0 Å². The molecule has 0 aliphatic heterocycles. The molecule has 0 unspecified atom stereocenters. The minimum atomic E-state index is 0.494. The Morgan fingerprint density at radius 2 is 1.81 bits per heavy atom. The van der Waals surface area contributed by atoms with Crippen LogP contribution in [0.3, 0.4) is 0 Å². The summed E-state index contributed by atoms with van der Waals surface area (Å²) in [6.07, 6.45) is 11.4. The SMILES string of the molecule is CCCCCC(C)(C)CNCC1CCCC1. The molecule has 1 fully saturated rings. The molecule has 0 bridgehead atoms. The average Bonchev–Trinajstić information content (AvgIpc) is 2.70. The van der Waals surface area contributed by atoms with E-state index in [0.717, 1.165) is 5.92 Å². The van der Waals surface area contributed by atoms with Crippen molar-refractivity contribution in [1.82, 2.24) is 5.32 Å². The van der Waals surface area contributed by atoms with Crippen molar-refractivity contribution >= 4 is 0 Å². The fourth-order valence-corrected chi connectivity index (χ4v) is 2.77. The van der Waals surface area contributed by atoms with Crippen LogP contribution in [0.15, 0.2) is 0 Å². The maximum Gasteiger partial charge on any atom is 0.000263 e. The van der Waals surface area contributed by atoms with Crippen molar-refractivity contribution in [1.29, 1.82) is 0 Å². The molecular weight excluding hydrogens is 194 g/mol. The molecule has 0 spiro atoms. The van der Waals surface area contributed by atoms with Gasteiger partial charge in [-0.3, -0.25) is 0 Å². The highest BCUT2D eigenvalue weighted by molar-refractivity contribution is 4.74. The van der Waals surface area contributed by atoms with Gasteiger partial charge in [0.25, 0.3) is 0 Å². The molecule has 0 saturated heterocycles. The first-order chi connectivity index (χ1) is 7.64. The van der Waals surface area contributed by atoms with Crippen LogP contribution >= 0.6 is 0 Å². The lowest BCUT2D eigenvalue weighted by Gasteiger charge is -2.26. The Morgan fingerprint density at radius 1 is 1.12 bits per heavy atom. The Balaban J connectivity index is 2.04. The van der Waals surface area contributed by atoms with E-state index in [-0.39, 0.29) is 0 Å². The summed E-state index contributed by atoms with van der Waals surface area (Å²) in [5, 5.41) is 3.69. The van der Waals surface area contributed by atoms with Gasteiger partial charge in [0, 0.05) is 6.54 Å². The van der Waals surface area contributed by atoms with Gasteiger partial charge in [-0.1, -0.05) is 52.9 Å². The number of hydrogen-bond acceptors (Lipinski definition) is 1. The second kappa shape index (κ2) is 7.32. The number of nitrogens with one attached hydrogen (secondary N) is 1. The van der Waals surface area contributed by atoms with E-state index in [1.807, 2.05) is 0 Å². The van der Waals surface area contributed by atoms with Gasteiger partial charge >= 0.3 is 0 Å². The van der Waals surface area contributed by atoms with Crippen LogP contribution in [0.1, 0.15) is 72.1 Å². The maximum atomic E-state index is 3.69. The highest BCUT2D eigenvalue weighted by Crippen LogP contribution is 2.25. The predicted octanol–water partition coefficient (Wildman–Crippen LogP) is 4.37. The fourth-order valence-electron chi connectivity index (χ4n) is 2.77. The van der Waals surface area contributed by atoms with E-state index in [1.54, 1.807) is 0 Å².